The van der Waals surface area contributed by atoms with E-state index in [4.69, 9.17) is 0 Å². The monoisotopic (exact) mass is 433 g/mol. The molecule has 1 N–H and O–H groups in total. The first kappa shape index (κ1) is 22.2. The van der Waals surface area contributed by atoms with Crippen molar-refractivity contribution in [3.05, 3.63) is 65.5 Å². The summed E-state index contributed by atoms with van der Waals surface area (Å²) in [5, 5.41) is 2.78. The van der Waals surface area contributed by atoms with Gasteiger partial charge in [0, 0.05) is 36.9 Å². The Morgan fingerprint density at radius 1 is 1.20 bits per heavy atom. The molecule has 1 heterocycles. The lowest BCUT2D eigenvalue weighted by Gasteiger charge is -2.25. The number of anilines is 1. The molecular formula is C22H28FN3O3S. The predicted molar refractivity (Wildman–Crippen MR) is 116 cm³/mol. The number of fused-ring (bicyclic) bond motifs is 1. The topological polar surface area (TPSA) is 69.7 Å². The van der Waals surface area contributed by atoms with E-state index in [0.29, 0.717) is 12.6 Å². The molecule has 1 atom stereocenters. The number of rotatable bonds is 9. The number of hydrogen-bond acceptors (Lipinski definition) is 4. The van der Waals surface area contributed by atoms with Gasteiger partial charge in [-0.05, 0) is 37.5 Å². The van der Waals surface area contributed by atoms with Crippen LogP contribution in [0.3, 0.4) is 0 Å². The predicted octanol–water partition coefficient (Wildman–Crippen LogP) is 2.54. The third kappa shape index (κ3) is 5.58. The SMILES string of the molecule is C[C@H]1Cc2ccccc2N1CCCNC(=O)CN(Cc1ccccc1F)S(C)(=O)=O. The number of carbonyl (C=O) groups is 1. The maximum atomic E-state index is 13.9. The van der Waals surface area contributed by atoms with E-state index in [1.165, 1.54) is 29.4 Å². The van der Waals surface area contributed by atoms with E-state index in [-0.39, 0.29) is 18.7 Å². The second kappa shape index (κ2) is 9.57. The summed E-state index contributed by atoms with van der Waals surface area (Å²) in [6.45, 7) is 2.92. The van der Waals surface area contributed by atoms with Crippen molar-refractivity contribution in [3.63, 3.8) is 0 Å². The lowest BCUT2D eigenvalue weighted by molar-refractivity contribution is -0.121. The summed E-state index contributed by atoms with van der Waals surface area (Å²) in [5.41, 5.74) is 2.81. The van der Waals surface area contributed by atoms with E-state index in [0.717, 1.165) is 29.9 Å². The Kier molecular flexibility index (Phi) is 7.10. The van der Waals surface area contributed by atoms with Crippen LogP contribution in [-0.4, -0.2) is 50.6 Å². The Labute approximate surface area is 177 Å². The first-order chi connectivity index (χ1) is 14.3. The molecule has 6 nitrogen and oxygen atoms in total. The average molecular weight is 434 g/mol. The maximum absolute atomic E-state index is 13.9. The van der Waals surface area contributed by atoms with Crippen LogP contribution in [0.2, 0.25) is 0 Å². The van der Waals surface area contributed by atoms with Crippen molar-refractivity contribution >= 4 is 21.6 Å². The molecule has 0 spiro atoms. The van der Waals surface area contributed by atoms with Crippen molar-refractivity contribution in [2.45, 2.75) is 32.4 Å². The number of carbonyl (C=O) groups excluding carboxylic acids is 1. The molecule has 0 aromatic heterocycles. The largest absolute Gasteiger partial charge is 0.368 e. The fourth-order valence-corrected chi connectivity index (χ4v) is 4.50. The van der Waals surface area contributed by atoms with Crippen molar-refractivity contribution in [2.75, 3.05) is 30.8 Å². The lowest BCUT2D eigenvalue weighted by Crippen LogP contribution is -2.41. The first-order valence-corrected chi connectivity index (χ1v) is 11.9. The Hall–Kier alpha value is -2.45. The van der Waals surface area contributed by atoms with Crippen LogP contribution in [0, 0.1) is 5.82 Å². The van der Waals surface area contributed by atoms with Crippen LogP contribution in [-0.2, 0) is 27.8 Å². The van der Waals surface area contributed by atoms with Gasteiger partial charge in [0.1, 0.15) is 5.82 Å². The highest BCUT2D eigenvalue weighted by Gasteiger charge is 2.25. The van der Waals surface area contributed by atoms with E-state index < -0.39 is 21.7 Å². The molecule has 0 unspecified atom stereocenters. The molecule has 30 heavy (non-hydrogen) atoms. The molecular weight excluding hydrogens is 405 g/mol. The van der Waals surface area contributed by atoms with Gasteiger partial charge in [0.25, 0.3) is 0 Å². The molecule has 1 aliphatic heterocycles. The molecule has 0 aliphatic carbocycles. The molecule has 0 saturated carbocycles. The Morgan fingerprint density at radius 3 is 2.63 bits per heavy atom. The third-order valence-electron chi connectivity index (χ3n) is 5.34. The van der Waals surface area contributed by atoms with Gasteiger partial charge >= 0.3 is 0 Å². The van der Waals surface area contributed by atoms with E-state index in [2.05, 4.69) is 29.3 Å². The molecule has 8 heteroatoms. The summed E-state index contributed by atoms with van der Waals surface area (Å²) in [7, 11) is -3.66. The van der Waals surface area contributed by atoms with Gasteiger partial charge in [0.2, 0.25) is 15.9 Å². The zero-order chi connectivity index (χ0) is 21.7. The highest BCUT2D eigenvalue weighted by atomic mass is 32.2. The van der Waals surface area contributed by atoms with E-state index in [1.807, 2.05) is 12.1 Å². The van der Waals surface area contributed by atoms with Gasteiger partial charge in [-0.15, -0.1) is 0 Å². The Morgan fingerprint density at radius 2 is 1.90 bits per heavy atom. The highest BCUT2D eigenvalue weighted by Crippen LogP contribution is 2.31. The summed E-state index contributed by atoms with van der Waals surface area (Å²) in [5.74, 6) is -0.891. The summed E-state index contributed by atoms with van der Waals surface area (Å²) in [4.78, 5) is 14.6. The van der Waals surface area contributed by atoms with Crippen LogP contribution < -0.4 is 10.2 Å². The standard InChI is InChI=1S/C22H28FN3O3S/c1-17-14-18-8-4-6-11-21(18)26(17)13-7-12-24-22(27)16-25(30(2,28)29)15-19-9-3-5-10-20(19)23/h3-6,8-11,17H,7,12-16H2,1-2H3,(H,24,27)/t17-/m0/s1. The fourth-order valence-electron chi connectivity index (χ4n) is 3.77. The van der Waals surface area contributed by atoms with Gasteiger partial charge in [-0.2, -0.15) is 4.31 Å². The molecule has 0 saturated heterocycles. The Balaban J connectivity index is 1.50. The molecule has 1 aliphatic rings. The minimum atomic E-state index is -3.66. The number of nitrogens with zero attached hydrogens (tertiary/aromatic N) is 2. The van der Waals surface area contributed by atoms with Crippen molar-refractivity contribution < 1.29 is 17.6 Å². The van der Waals surface area contributed by atoms with Crippen LogP contribution in [0.15, 0.2) is 48.5 Å². The van der Waals surface area contributed by atoms with E-state index >= 15 is 0 Å². The molecule has 2 aromatic carbocycles. The normalized spacial score (nSPS) is 16.0. The van der Waals surface area contributed by atoms with Crippen LogP contribution in [0.25, 0.3) is 0 Å². The van der Waals surface area contributed by atoms with Gasteiger partial charge in [-0.3, -0.25) is 4.79 Å². The summed E-state index contributed by atoms with van der Waals surface area (Å²) in [6.07, 6.45) is 2.78. The van der Waals surface area contributed by atoms with Crippen LogP contribution in [0.1, 0.15) is 24.5 Å². The van der Waals surface area contributed by atoms with Gasteiger partial charge in [0.15, 0.2) is 0 Å². The number of benzene rings is 2. The molecule has 3 rings (SSSR count). The summed E-state index contributed by atoms with van der Waals surface area (Å²) in [6, 6.07) is 14.7. The van der Waals surface area contributed by atoms with Crippen molar-refractivity contribution in [3.8, 4) is 0 Å². The zero-order valence-electron chi connectivity index (χ0n) is 17.3. The summed E-state index contributed by atoms with van der Waals surface area (Å²) < 4.78 is 39.0. The number of para-hydroxylation sites is 1. The van der Waals surface area contributed by atoms with Crippen molar-refractivity contribution in [1.82, 2.24) is 9.62 Å². The number of nitrogens with one attached hydrogen (secondary N) is 1. The third-order valence-corrected chi connectivity index (χ3v) is 6.54. The second-order valence-electron chi connectivity index (χ2n) is 7.70. The highest BCUT2D eigenvalue weighted by molar-refractivity contribution is 7.88. The number of amides is 1. The minimum absolute atomic E-state index is 0.180. The smallest absolute Gasteiger partial charge is 0.235 e. The van der Waals surface area contributed by atoms with E-state index in [1.54, 1.807) is 6.07 Å². The molecule has 2 aromatic rings. The van der Waals surface area contributed by atoms with Crippen molar-refractivity contribution in [1.29, 1.82) is 0 Å². The molecule has 0 radical (unpaired) electrons. The summed E-state index contributed by atoms with van der Waals surface area (Å²) >= 11 is 0. The van der Waals surface area contributed by atoms with Gasteiger partial charge in [-0.25, -0.2) is 12.8 Å². The Bertz CT molecular complexity index is 997. The molecule has 1 amide bonds. The average Bonchev–Trinajstić information content (AvgIpc) is 3.01. The zero-order valence-corrected chi connectivity index (χ0v) is 18.2. The van der Waals surface area contributed by atoms with Crippen molar-refractivity contribution in [2.24, 2.45) is 0 Å². The number of halogens is 1. The van der Waals surface area contributed by atoms with Crippen LogP contribution in [0.5, 0.6) is 0 Å². The van der Waals surface area contributed by atoms with E-state index in [9.17, 15) is 17.6 Å². The van der Waals surface area contributed by atoms with Crippen LogP contribution in [0.4, 0.5) is 10.1 Å². The maximum Gasteiger partial charge on any atom is 0.235 e. The molecule has 0 bridgehead atoms. The van der Waals surface area contributed by atoms with Crippen LogP contribution >= 0.6 is 0 Å². The fraction of sp³-hybridized carbons (Fsp3) is 0.409. The minimum Gasteiger partial charge on any atom is -0.368 e. The quantitative estimate of drug-likeness (QED) is 0.617. The molecule has 162 valence electrons. The number of hydrogen-bond donors (Lipinski definition) is 1. The lowest BCUT2D eigenvalue weighted by atomic mass is 10.1. The first-order valence-electron chi connectivity index (χ1n) is 10.1. The van der Waals surface area contributed by atoms with Gasteiger partial charge in [-0.1, -0.05) is 36.4 Å². The second-order valence-corrected chi connectivity index (χ2v) is 9.68. The van der Waals surface area contributed by atoms with Gasteiger partial charge in [0.05, 0.1) is 12.8 Å². The number of sulfonamides is 1. The van der Waals surface area contributed by atoms with Gasteiger partial charge < -0.3 is 10.2 Å². The molecule has 0 fully saturated rings.